The number of benzene rings is 2. The average molecular weight is 384 g/mol. The summed E-state index contributed by atoms with van der Waals surface area (Å²) in [6, 6.07) is 13.8. The lowest BCUT2D eigenvalue weighted by atomic mass is 9.87. The molecule has 1 spiro atoms. The molecule has 1 atom stereocenters. The van der Waals surface area contributed by atoms with Gasteiger partial charge in [-0.2, -0.15) is 0 Å². The van der Waals surface area contributed by atoms with Crippen LogP contribution in [0.1, 0.15) is 43.2 Å². The van der Waals surface area contributed by atoms with Crippen LogP contribution >= 0.6 is 0 Å². The molecule has 0 aromatic heterocycles. The zero-order chi connectivity index (χ0) is 19.6. The van der Waals surface area contributed by atoms with Gasteiger partial charge in [-0.1, -0.05) is 30.3 Å². The minimum absolute atomic E-state index is 0.109. The van der Waals surface area contributed by atoms with Crippen LogP contribution in [0.25, 0.3) is 0 Å². The van der Waals surface area contributed by atoms with Crippen molar-refractivity contribution in [2.75, 3.05) is 13.1 Å². The molecule has 0 aliphatic carbocycles. The highest BCUT2D eigenvalue weighted by Crippen LogP contribution is 2.40. The number of nitrogens with zero attached hydrogens (tertiary/aromatic N) is 2. The number of rotatable bonds is 4. The second-order valence-corrected chi connectivity index (χ2v) is 8.06. The fourth-order valence-electron chi connectivity index (χ4n) is 4.71. The first-order valence-corrected chi connectivity index (χ1v) is 10.1. The van der Waals surface area contributed by atoms with Gasteiger partial charge in [-0.15, -0.1) is 0 Å². The Kier molecular flexibility index (Phi) is 5.44. The third-order valence-corrected chi connectivity index (χ3v) is 6.27. The van der Waals surface area contributed by atoms with Gasteiger partial charge in [-0.3, -0.25) is 9.69 Å². The van der Waals surface area contributed by atoms with Gasteiger partial charge in [0.05, 0.1) is 0 Å². The van der Waals surface area contributed by atoms with Crippen molar-refractivity contribution in [3.8, 4) is 0 Å². The molecule has 2 heterocycles. The van der Waals surface area contributed by atoms with Gasteiger partial charge in [0.15, 0.2) is 0 Å². The Morgan fingerprint density at radius 3 is 2.57 bits per heavy atom. The molecule has 0 N–H and O–H groups in total. The first-order valence-electron chi connectivity index (χ1n) is 10.1. The molecule has 4 rings (SSSR count). The summed E-state index contributed by atoms with van der Waals surface area (Å²) in [7, 11) is 0. The SMILES string of the molecule is O=C1CCC2(CCCN(Cc3cc(F)ccc3F)CC2)N1Cc1ccccc1. The largest absolute Gasteiger partial charge is 0.333 e. The van der Waals surface area contributed by atoms with E-state index in [0.29, 0.717) is 25.1 Å². The van der Waals surface area contributed by atoms with E-state index < -0.39 is 5.82 Å². The molecule has 28 heavy (non-hydrogen) atoms. The van der Waals surface area contributed by atoms with Crippen molar-refractivity contribution < 1.29 is 13.6 Å². The maximum Gasteiger partial charge on any atom is 0.223 e. The third kappa shape index (κ3) is 3.95. The van der Waals surface area contributed by atoms with Crippen LogP contribution in [0.15, 0.2) is 48.5 Å². The van der Waals surface area contributed by atoms with E-state index in [1.807, 2.05) is 18.2 Å². The summed E-state index contributed by atoms with van der Waals surface area (Å²) in [6.45, 7) is 2.68. The molecule has 1 amide bonds. The molecule has 2 aromatic rings. The van der Waals surface area contributed by atoms with E-state index in [1.54, 1.807) is 0 Å². The molecule has 2 aliphatic heterocycles. The third-order valence-electron chi connectivity index (χ3n) is 6.27. The van der Waals surface area contributed by atoms with Crippen molar-refractivity contribution in [2.24, 2.45) is 0 Å². The van der Waals surface area contributed by atoms with Crippen molar-refractivity contribution >= 4 is 5.91 Å². The lowest BCUT2D eigenvalue weighted by Gasteiger charge is -2.38. The highest BCUT2D eigenvalue weighted by Gasteiger charge is 2.45. The van der Waals surface area contributed by atoms with Crippen LogP contribution in [0, 0.1) is 11.6 Å². The normalized spacial score (nSPS) is 23.4. The number of amides is 1. The molecule has 1 unspecified atom stereocenters. The van der Waals surface area contributed by atoms with Gasteiger partial charge < -0.3 is 4.90 Å². The summed E-state index contributed by atoms with van der Waals surface area (Å²) in [5.74, 6) is -0.534. The van der Waals surface area contributed by atoms with E-state index in [0.717, 1.165) is 50.4 Å². The van der Waals surface area contributed by atoms with E-state index in [1.165, 1.54) is 12.1 Å². The molecule has 5 heteroatoms. The maximum absolute atomic E-state index is 14.0. The van der Waals surface area contributed by atoms with Crippen molar-refractivity contribution in [1.29, 1.82) is 0 Å². The Hall–Kier alpha value is -2.27. The highest BCUT2D eigenvalue weighted by molar-refractivity contribution is 5.79. The minimum Gasteiger partial charge on any atom is -0.333 e. The van der Waals surface area contributed by atoms with Crippen molar-refractivity contribution in [3.63, 3.8) is 0 Å². The topological polar surface area (TPSA) is 23.6 Å². The van der Waals surface area contributed by atoms with E-state index in [4.69, 9.17) is 0 Å². The molecule has 2 saturated heterocycles. The summed E-state index contributed by atoms with van der Waals surface area (Å²) in [5.41, 5.74) is 1.45. The number of likely N-dealkylation sites (tertiary alicyclic amines) is 2. The van der Waals surface area contributed by atoms with Gasteiger partial charge in [-0.25, -0.2) is 8.78 Å². The number of hydrogen-bond acceptors (Lipinski definition) is 2. The molecule has 2 aromatic carbocycles. The molecule has 0 saturated carbocycles. The number of carbonyl (C=O) groups excluding carboxylic acids is 1. The van der Waals surface area contributed by atoms with Gasteiger partial charge >= 0.3 is 0 Å². The summed E-state index contributed by atoms with van der Waals surface area (Å²) >= 11 is 0. The molecule has 3 nitrogen and oxygen atoms in total. The Morgan fingerprint density at radius 1 is 0.929 bits per heavy atom. The van der Waals surface area contributed by atoms with E-state index in [9.17, 15) is 13.6 Å². The van der Waals surface area contributed by atoms with E-state index in [-0.39, 0.29) is 17.3 Å². The number of halogens is 2. The monoisotopic (exact) mass is 384 g/mol. The van der Waals surface area contributed by atoms with Crippen molar-refractivity contribution in [2.45, 2.75) is 50.7 Å². The van der Waals surface area contributed by atoms with Crippen LogP contribution in [0.3, 0.4) is 0 Å². The van der Waals surface area contributed by atoms with Crippen LogP contribution in [0.4, 0.5) is 8.78 Å². The van der Waals surface area contributed by atoms with Crippen LogP contribution in [0.5, 0.6) is 0 Å². The lowest BCUT2D eigenvalue weighted by molar-refractivity contribution is -0.132. The minimum atomic E-state index is -0.405. The van der Waals surface area contributed by atoms with E-state index >= 15 is 0 Å². The Bertz CT molecular complexity index is 842. The molecular weight excluding hydrogens is 358 g/mol. The van der Waals surface area contributed by atoms with Crippen LogP contribution in [-0.2, 0) is 17.9 Å². The lowest BCUT2D eigenvalue weighted by Crippen LogP contribution is -2.45. The zero-order valence-electron chi connectivity index (χ0n) is 16.0. The summed E-state index contributed by atoms with van der Waals surface area (Å²) in [4.78, 5) is 16.9. The second-order valence-electron chi connectivity index (χ2n) is 8.06. The summed E-state index contributed by atoms with van der Waals surface area (Å²) < 4.78 is 27.5. The Morgan fingerprint density at radius 2 is 1.75 bits per heavy atom. The fourth-order valence-corrected chi connectivity index (χ4v) is 4.71. The van der Waals surface area contributed by atoms with Gasteiger partial charge in [0.2, 0.25) is 5.91 Å². The molecule has 0 bridgehead atoms. The van der Waals surface area contributed by atoms with Gasteiger partial charge in [0, 0.05) is 37.2 Å². The maximum atomic E-state index is 14.0. The second kappa shape index (κ2) is 8.00. The quantitative estimate of drug-likeness (QED) is 0.774. The molecule has 148 valence electrons. The smallest absolute Gasteiger partial charge is 0.223 e. The van der Waals surface area contributed by atoms with Gasteiger partial charge in [0.1, 0.15) is 11.6 Å². The molecular formula is C23H26F2N2O. The van der Waals surface area contributed by atoms with Gasteiger partial charge in [0.25, 0.3) is 0 Å². The zero-order valence-corrected chi connectivity index (χ0v) is 16.0. The molecule has 0 radical (unpaired) electrons. The van der Waals surface area contributed by atoms with Crippen molar-refractivity contribution in [3.05, 3.63) is 71.3 Å². The first-order chi connectivity index (χ1) is 13.6. The first kappa shape index (κ1) is 19.1. The number of carbonyl (C=O) groups is 1. The summed E-state index contributed by atoms with van der Waals surface area (Å²) in [5, 5.41) is 0. The Balaban J connectivity index is 1.47. The fraction of sp³-hybridized carbons (Fsp3) is 0.435. The molecule has 2 aliphatic rings. The predicted octanol–water partition coefficient (Wildman–Crippen LogP) is 4.51. The van der Waals surface area contributed by atoms with Crippen LogP contribution in [-0.4, -0.2) is 34.3 Å². The Labute approximate surface area is 165 Å². The van der Waals surface area contributed by atoms with Crippen molar-refractivity contribution in [1.82, 2.24) is 9.80 Å². The number of hydrogen-bond donors (Lipinski definition) is 0. The average Bonchev–Trinajstić information content (AvgIpc) is 2.87. The predicted molar refractivity (Wildman–Crippen MR) is 104 cm³/mol. The van der Waals surface area contributed by atoms with Crippen LogP contribution < -0.4 is 0 Å². The van der Waals surface area contributed by atoms with Gasteiger partial charge in [-0.05, 0) is 56.0 Å². The summed E-state index contributed by atoms with van der Waals surface area (Å²) in [6.07, 6.45) is 4.29. The molecule has 2 fully saturated rings. The standard InChI is InChI=1S/C23H26F2N2O/c24-20-7-8-21(25)19(15-20)17-26-13-4-10-23(12-14-26)11-9-22(28)27(23)16-18-5-2-1-3-6-18/h1-3,5-8,15H,4,9-14,16-17H2. The van der Waals surface area contributed by atoms with E-state index in [2.05, 4.69) is 21.9 Å². The van der Waals surface area contributed by atoms with Crippen LogP contribution in [0.2, 0.25) is 0 Å². The highest BCUT2D eigenvalue weighted by atomic mass is 19.1.